The number of ether oxygens (including phenoxy) is 1. The van der Waals surface area contributed by atoms with E-state index >= 15 is 0 Å². The van der Waals surface area contributed by atoms with Gasteiger partial charge in [-0.1, -0.05) is 155 Å². The van der Waals surface area contributed by atoms with Crippen molar-refractivity contribution in [1.29, 1.82) is 0 Å². The van der Waals surface area contributed by atoms with Crippen LogP contribution in [0, 0.1) is 0 Å². The van der Waals surface area contributed by atoms with Gasteiger partial charge in [-0.3, -0.25) is 9.59 Å². The molecule has 40 heavy (non-hydrogen) atoms. The Hall–Kier alpha value is -1.59. The van der Waals surface area contributed by atoms with Gasteiger partial charge in [-0.05, 0) is 19.3 Å². The maximum absolute atomic E-state index is 12.4. The molecule has 0 spiro atoms. The number of hydrogen-bond acceptors (Lipinski definition) is 5. The lowest BCUT2D eigenvalue weighted by Crippen LogP contribution is -2.39. The van der Waals surface area contributed by atoms with Gasteiger partial charge in [-0.25, -0.2) is 0 Å². The zero-order valence-electron chi connectivity index (χ0n) is 26.4. The third-order valence-electron chi connectivity index (χ3n) is 7.76. The first-order valence-electron chi connectivity index (χ1n) is 17.2. The monoisotopic (exact) mass is 566 g/mol. The lowest BCUT2D eigenvalue weighted by Gasteiger charge is -2.18. The largest absolute Gasteiger partial charge is 0.548 e. The maximum atomic E-state index is 12.4. The first kappa shape index (κ1) is 38.4. The molecule has 0 heterocycles. The average molecular weight is 567 g/mol. The minimum atomic E-state index is -1.32. The fourth-order valence-corrected chi connectivity index (χ4v) is 5.22. The minimum absolute atomic E-state index is 0.00931. The van der Waals surface area contributed by atoms with E-state index in [-0.39, 0.29) is 12.4 Å². The van der Waals surface area contributed by atoms with Gasteiger partial charge >= 0.3 is 5.97 Å². The molecule has 1 atom stereocenters. The van der Waals surface area contributed by atoms with Gasteiger partial charge in [-0.2, -0.15) is 0 Å². The van der Waals surface area contributed by atoms with Crippen LogP contribution in [-0.4, -0.2) is 30.5 Å². The molecule has 0 aliphatic heterocycles. The molecule has 0 radical (unpaired) electrons. The van der Waals surface area contributed by atoms with Crippen molar-refractivity contribution in [2.45, 2.75) is 193 Å². The Morgan fingerprint density at radius 2 is 0.950 bits per heavy atom. The van der Waals surface area contributed by atoms with Gasteiger partial charge in [0.1, 0.15) is 6.10 Å². The Labute approximate surface area is 247 Å². The number of nitrogens with one attached hydrogen (secondary N) is 1. The number of aliphatic carboxylic acids is 1. The predicted molar refractivity (Wildman–Crippen MR) is 164 cm³/mol. The Balaban J connectivity index is 4.02. The van der Waals surface area contributed by atoms with Gasteiger partial charge in [0.25, 0.3) is 0 Å². The van der Waals surface area contributed by atoms with Crippen LogP contribution in [0.15, 0.2) is 0 Å². The van der Waals surface area contributed by atoms with Crippen molar-refractivity contribution >= 4 is 17.8 Å². The molecule has 0 unspecified atom stereocenters. The van der Waals surface area contributed by atoms with Crippen LogP contribution >= 0.6 is 0 Å². The average Bonchev–Trinajstić information content (AvgIpc) is 2.93. The van der Waals surface area contributed by atoms with Crippen molar-refractivity contribution in [1.82, 2.24) is 5.32 Å². The van der Waals surface area contributed by atoms with Crippen molar-refractivity contribution in [2.24, 2.45) is 0 Å². The minimum Gasteiger partial charge on any atom is -0.548 e. The molecule has 236 valence electrons. The summed E-state index contributed by atoms with van der Waals surface area (Å²) in [6.07, 6.45) is 30.5. The summed E-state index contributed by atoms with van der Waals surface area (Å²) in [4.78, 5) is 35.2. The smallest absolute Gasteiger partial charge is 0.306 e. The van der Waals surface area contributed by atoms with E-state index in [1.54, 1.807) is 0 Å². The van der Waals surface area contributed by atoms with E-state index in [2.05, 4.69) is 19.2 Å². The summed E-state index contributed by atoms with van der Waals surface area (Å²) >= 11 is 0. The summed E-state index contributed by atoms with van der Waals surface area (Å²) in [6, 6.07) is 0. The molecule has 0 aromatic heterocycles. The molecular weight excluding hydrogens is 502 g/mol. The van der Waals surface area contributed by atoms with Crippen molar-refractivity contribution < 1.29 is 24.2 Å². The number of unbranched alkanes of at least 4 members (excludes halogenated alkanes) is 22. The third-order valence-corrected chi connectivity index (χ3v) is 7.76. The Morgan fingerprint density at radius 1 is 0.575 bits per heavy atom. The molecule has 6 nitrogen and oxygen atoms in total. The Kier molecular flexibility index (Phi) is 29.2. The summed E-state index contributed by atoms with van der Waals surface area (Å²) < 4.78 is 5.66. The second-order valence-corrected chi connectivity index (χ2v) is 11.8. The number of carbonyl (C=O) groups is 3. The fraction of sp³-hybridized carbons (Fsp3) is 0.912. The lowest BCUT2D eigenvalue weighted by atomic mass is 10.0. The molecule has 0 aliphatic carbocycles. The number of carboxylic acid groups (broad SMARTS) is 1. The molecule has 0 aromatic carbocycles. The molecule has 0 saturated heterocycles. The number of rotatable bonds is 31. The van der Waals surface area contributed by atoms with Gasteiger partial charge in [0, 0.05) is 6.42 Å². The van der Waals surface area contributed by atoms with E-state index in [0.29, 0.717) is 12.8 Å². The summed E-state index contributed by atoms with van der Waals surface area (Å²) in [5.41, 5.74) is 0. The standard InChI is InChI=1S/C34H65NO5/c1-3-5-7-9-11-13-15-16-18-20-22-24-26-28-34(39)40-31(29-32(36)35-30-33(37)38)27-25-23-21-19-17-14-12-10-8-6-4-2/h31H,3-30H2,1-2H3,(H,35,36)(H,37,38)/p-1/t31-/m1/s1. The quantitative estimate of drug-likeness (QED) is 0.0672. The van der Waals surface area contributed by atoms with Gasteiger partial charge < -0.3 is 20.0 Å². The zero-order valence-corrected chi connectivity index (χ0v) is 26.4. The molecule has 1 N–H and O–H groups in total. The molecule has 0 rings (SSSR count). The summed E-state index contributed by atoms with van der Waals surface area (Å²) in [6.45, 7) is 3.98. The molecule has 0 saturated carbocycles. The molecule has 0 fully saturated rings. The highest BCUT2D eigenvalue weighted by molar-refractivity contribution is 5.81. The van der Waals surface area contributed by atoms with E-state index in [1.165, 1.54) is 116 Å². The van der Waals surface area contributed by atoms with Crippen LogP contribution in [0.4, 0.5) is 0 Å². The molecule has 6 heteroatoms. The Morgan fingerprint density at radius 3 is 1.35 bits per heavy atom. The van der Waals surface area contributed by atoms with Gasteiger partial charge in [0.15, 0.2) is 0 Å². The van der Waals surface area contributed by atoms with E-state index in [1.807, 2.05) is 0 Å². The topological polar surface area (TPSA) is 95.5 Å². The molecule has 0 bridgehead atoms. The van der Waals surface area contributed by atoms with E-state index < -0.39 is 24.5 Å². The van der Waals surface area contributed by atoms with E-state index in [9.17, 15) is 19.5 Å². The number of carboxylic acids is 1. The van der Waals surface area contributed by atoms with Crippen LogP contribution in [0.3, 0.4) is 0 Å². The van der Waals surface area contributed by atoms with Crippen molar-refractivity contribution in [3.63, 3.8) is 0 Å². The van der Waals surface area contributed by atoms with E-state index in [4.69, 9.17) is 4.74 Å². The predicted octanol–water partition coefficient (Wildman–Crippen LogP) is 8.34. The highest BCUT2D eigenvalue weighted by Gasteiger charge is 2.18. The zero-order chi connectivity index (χ0) is 29.5. The fourth-order valence-electron chi connectivity index (χ4n) is 5.22. The highest BCUT2D eigenvalue weighted by atomic mass is 16.5. The molecular formula is C34H64NO5-. The van der Waals surface area contributed by atoms with Crippen LogP contribution < -0.4 is 10.4 Å². The van der Waals surface area contributed by atoms with Crippen molar-refractivity contribution in [3.05, 3.63) is 0 Å². The number of hydrogen-bond donors (Lipinski definition) is 1. The van der Waals surface area contributed by atoms with Gasteiger partial charge in [0.2, 0.25) is 5.91 Å². The third kappa shape index (κ3) is 29.4. The second kappa shape index (κ2) is 30.4. The second-order valence-electron chi connectivity index (χ2n) is 11.8. The summed E-state index contributed by atoms with van der Waals surface area (Å²) in [5, 5.41) is 13.0. The van der Waals surface area contributed by atoms with Crippen LogP contribution in [0.2, 0.25) is 0 Å². The Bertz CT molecular complexity index is 595. The van der Waals surface area contributed by atoms with Gasteiger partial charge in [0.05, 0.1) is 18.9 Å². The summed E-state index contributed by atoms with van der Waals surface area (Å²) in [7, 11) is 0. The SMILES string of the molecule is CCCCCCCCCCCCCCCC(=O)O[C@H](CCCCCCCCCCCCC)CC(=O)NCC(=O)[O-]. The van der Waals surface area contributed by atoms with E-state index in [0.717, 1.165) is 38.5 Å². The number of esters is 1. The normalized spacial score (nSPS) is 11.8. The maximum Gasteiger partial charge on any atom is 0.306 e. The van der Waals surface area contributed by atoms with Crippen LogP contribution in [0.1, 0.15) is 187 Å². The molecule has 1 amide bonds. The highest BCUT2D eigenvalue weighted by Crippen LogP contribution is 2.17. The van der Waals surface area contributed by atoms with Crippen LogP contribution in [-0.2, 0) is 19.1 Å². The van der Waals surface area contributed by atoms with Crippen molar-refractivity contribution in [2.75, 3.05) is 6.54 Å². The summed E-state index contributed by atoms with van der Waals surface area (Å²) in [5.74, 6) is -1.98. The van der Waals surface area contributed by atoms with Gasteiger partial charge in [-0.15, -0.1) is 0 Å². The number of amides is 1. The lowest BCUT2D eigenvalue weighted by molar-refractivity contribution is -0.304. The van der Waals surface area contributed by atoms with Crippen LogP contribution in [0.25, 0.3) is 0 Å². The van der Waals surface area contributed by atoms with Crippen LogP contribution in [0.5, 0.6) is 0 Å². The van der Waals surface area contributed by atoms with Crippen molar-refractivity contribution in [3.8, 4) is 0 Å². The first-order chi connectivity index (χ1) is 19.5. The molecule has 0 aliphatic rings. The first-order valence-corrected chi connectivity index (χ1v) is 17.2. The molecule has 0 aromatic rings. The number of carbonyl (C=O) groups excluding carboxylic acids is 3.